The molecule has 0 spiro atoms. The summed E-state index contributed by atoms with van der Waals surface area (Å²) in [6, 6.07) is 0. The normalized spacial score (nSPS) is 3.23. The van der Waals surface area contributed by atoms with Gasteiger partial charge in [0.05, 0.1) is 0 Å². The summed E-state index contributed by atoms with van der Waals surface area (Å²) in [6.07, 6.45) is 4.08. The first-order valence-electron chi connectivity index (χ1n) is 2.41. The smallest absolute Gasteiger partial charge is 0 e. The summed E-state index contributed by atoms with van der Waals surface area (Å²) in [5.41, 5.74) is 0. The maximum atomic E-state index is 2.21. The highest BCUT2D eigenvalue weighted by atomic mass is 13.7. The van der Waals surface area contributed by atoms with E-state index >= 15 is 0 Å². The molecule has 0 N–H and O–H groups in total. The first-order chi connectivity index (χ1) is 2.41. The second-order valence-electron chi connectivity index (χ2n) is 1.35. The number of unbranched alkanes of at least 4 members (excludes halogenated alkanes) is 2. The molecule has 0 heterocycles. The zero-order valence-electron chi connectivity index (χ0n) is 4.12. The van der Waals surface area contributed by atoms with E-state index in [1.165, 1.54) is 19.3 Å². The molecule has 106 valence electrons. The fourth-order valence-corrected chi connectivity index (χ4v) is 0.354. The van der Waals surface area contributed by atoms with Gasteiger partial charge in [0.1, 0.15) is 0 Å². The molecule has 0 aromatic heterocycles. The maximum absolute atomic E-state index is 2.21. The SMILES string of the molecule is C.C.C.C.C.C.C.C.CCCCC.[HH].[HH].[HH].[HH].[HH]. The van der Waals surface area contributed by atoms with E-state index in [9.17, 15) is 0 Å². The van der Waals surface area contributed by atoms with Gasteiger partial charge in [0.2, 0.25) is 0 Å². The van der Waals surface area contributed by atoms with Crippen molar-refractivity contribution in [2.24, 2.45) is 0 Å². The Morgan fingerprint density at radius 2 is 0.692 bits per heavy atom. The second kappa shape index (κ2) is 161. The van der Waals surface area contributed by atoms with Crippen molar-refractivity contribution in [3.05, 3.63) is 0 Å². The monoisotopic (exact) mass is 210 g/mol. The molecule has 0 nitrogen and oxygen atoms in total. The Morgan fingerprint density at radius 1 is 0.538 bits per heavy atom. The van der Waals surface area contributed by atoms with Crippen molar-refractivity contribution in [3.63, 3.8) is 0 Å². The van der Waals surface area contributed by atoms with Gasteiger partial charge in [0, 0.05) is 7.13 Å². The Labute approximate surface area is 101 Å². The molecule has 0 aromatic carbocycles. The van der Waals surface area contributed by atoms with Crippen molar-refractivity contribution >= 4 is 0 Å². The quantitative estimate of drug-likeness (QED) is 0.428. The molecule has 0 aliphatic rings. The van der Waals surface area contributed by atoms with Crippen LogP contribution in [0.1, 0.15) is 99.7 Å². The molecular weight excluding hydrogens is 156 g/mol. The van der Waals surface area contributed by atoms with Gasteiger partial charge in [-0.05, 0) is 0 Å². The van der Waals surface area contributed by atoms with Gasteiger partial charge in [-0.3, -0.25) is 0 Å². The molecule has 0 aliphatic heterocycles. The molecule has 0 fully saturated rings. The molecule has 0 amide bonds. The third-order valence-corrected chi connectivity index (χ3v) is 0.707. The van der Waals surface area contributed by atoms with Crippen LogP contribution in [-0.2, 0) is 0 Å². The molecule has 0 aliphatic carbocycles. The summed E-state index contributed by atoms with van der Waals surface area (Å²) in [7, 11) is 0. The Morgan fingerprint density at radius 3 is 0.692 bits per heavy atom. The lowest BCUT2D eigenvalue weighted by Crippen LogP contribution is -1.59. The summed E-state index contributed by atoms with van der Waals surface area (Å²) in [4.78, 5) is 0. The Kier molecular flexibility index (Phi) is 1450. The van der Waals surface area contributed by atoms with E-state index < -0.39 is 0 Å². The van der Waals surface area contributed by atoms with Crippen LogP contribution in [0.3, 0.4) is 0 Å². The minimum Gasteiger partial charge on any atom is -0.0776 e. The summed E-state index contributed by atoms with van der Waals surface area (Å²) in [5.74, 6) is 0. The van der Waals surface area contributed by atoms with Gasteiger partial charge in [0.15, 0.2) is 0 Å². The van der Waals surface area contributed by atoms with Crippen LogP contribution in [0.2, 0.25) is 0 Å². The molecule has 0 saturated carbocycles. The first kappa shape index (κ1) is 117. The molecule has 13 heavy (non-hydrogen) atoms. The lowest BCUT2D eigenvalue weighted by molar-refractivity contribution is 0.772. The van der Waals surface area contributed by atoms with Gasteiger partial charge in [-0.2, -0.15) is 0 Å². The maximum Gasteiger partial charge on any atom is 0 e. The Hall–Kier alpha value is 0. The molecule has 0 saturated heterocycles. The Balaban J connectivity index is -0.00000000103. The summed E-state index contributed by atoms with van der Waals surface area (Å²) >= 11 is 0. The van der Waals surface area contributed by atoms with Crippen LogP contribution < -0.4 is 0 Å². The third-order valence-electron chi connectivity index (χ3n) is 0.707. The largest absolute Gasteiger partial charge is 0.0776 e. The van der Waals surface area contributed by atoms with Crippen LogP contribution in [-0.4, -0.2) is 0 Å². The molecule has 0 atom stereocenters. The Bertz CT molecular complexity index is 22.9. The van der Waals surface area contributed by atoms with Crippen molar-refractivity contribution in [2.75, 3.05) is 0 Å². The fourth-order valence-electron chi connectivity index (χ4n) is 0.354. The van der Waals surface area contributed by atoms with Gasteiger partial charge in [0.25, 0.3) is 0 Å². The van der Waals surface area contributed by atoms with E-state index in [0.29, 0.717) is 0 Å². The van der Waals surface area contributed by atoms with Crippen molar-refractivity contribution in [3.8, 4) is 0 Å². The molecule has 0 bridgehead atoms. The van der Waals surface area contributed by atoms with Gasteiger partial charge in [-0.15, -0.1) is 0 Å². The minimum atomic E-state index is 0. The number of hydrogen-bond acceptors (Lipinski definition) is 0. The van der Waals surface area contributed by atoms with E-state index in [-0.39, 0.29) is 66.5 Å². The summed E-state index contributed by atoms with van der Waals surface area (Å²) < 4.78 is 0. The van der Waals surface area contributed by atoms with Gasteiger partial charge < -0.3 is 0 Å². The van der Waals surface area contributed by atoms with Crippen LogP contribution >= 0.6 is 0 Å². The minimum absolute atomic E-state index is 0. The van der Waals surface area contributed by atoms with E-state index in [1.54, 1.807) is 0 Å². The summed E-state index contributed by atoms with van der Waals surface area (Å²) in [6.45, 7) is 4.42. The highest BCUT2D eigenvalue weighted by molar-refractivity contribution is 4.24. The lowest BCUT2D eigenvalue weighted by Gasteiger charge is -1.79. The number of hydrogen-bond donors (Lipinski definition) is 0. The van der Waals surface area contributed by atoms with Crippen molar-refractivity contribution < 1.29 is 7.13 Å². The first-order valence-corrected chi connectivity index (χ1v) is 2.41. The molecule has 0 rings (SSSR count). The van der Waals surface area contributed by atoms with Crippen LogP contribution in [0.4, 0.5) is 0 Å². The van der Waals surface area contributed by atoms with Crippen LogP contribution in [0.25, 0.3) is 0 Å². The van der Waals surface area contributed by atoms with E-state index in [0.717, 1.165) is 0 Å². The van der Waals surface area contributed by atoms with Crippen molar-refractivity contribution in [1.82, 2.24) is 0 Å². The topological polar surface area (TPSA) is 0 Å². The fraction of sp³-hybridized carbons (Fsp3) is 1.00. The average molecular weight is 211 g/mol. The predicted molar refractivity (Wildman–Crippen MR) is 89.6 cm³/mol. The zero-order valence-corrected chi connectivity index (χ0v) is 4.12. The summed E-state index contributed by atoms with van der Waals surface area (Å²) in [5, 5.41) is 0. The highest BCUT2D eigenvalue weighted by Crippen LogP contribution is 1.88. The third kappa shape index (κ3) is 300. The van der Waals surface area contributed by atoms with E-state index in [2.05, 4.69) is 13.8 Å². The van der Waals surface area contributed by atoms with E-state index in [4.69, 9.17) is 0 Å². The molecule has 0 unspecified atom stereocenters. The van der Waals surface area contributed by atoms with Crippen LogP contribution in [0.5, 0.6) is 0 Å². The standard InChI is InChI=1S/C5H12.8CH4.5H2/c1-3-5-4-2;;;;;;;;;;;;;/h3-5H2,1-2H3;8*1H4;5*1H. The highest BCUT2D eigenvalue weighted by Gasteiger charge is 1.68. The number of rotatable bonds is 2. The van der Waals surface area contributed by atoms with E-state index in [1.807, 2.05) is 0 Å². The van der Waals surface area contributed by atoms with Crippen LogP contribution in [0, 0.1) is 0 Å². The molecule has 0 heteroatoms. The molecule has 0 radical (unpaired) electrons. The second-order valence-corrected chi connectivity index (χ2v) is 1.35. The van der Waals surface area contributed by atoms with Crippen molar-refractivity contribution in [1.29, 1.82) is 0 Å². The van der Waals surface area contributed by atoms with Gasteiger partial charge >= 0.3 is 0 Å². The predicted octanol–water partition coefficient (Wildman–Crippen LogP) is 8.52. The average Bonchev–Trinajstić information content (AvgIpc) is 1.41. The van der Waals surface area contributed by atoms with Gasteiger partial charge in [-0.1, -0.05) is 92.5 Å². The van der Waals surface area contributed by atoms with Crippen LogP contribution in [0.15, 0.2) is 0 Å². The molecular formula is C13H54. The van der Waals surface area contributed by atoms with Crippen molar-refractivity contribution in [2.45, 2.75) is 92.5 Å². The zero-order chi connectivity index (χ0) is 4.12. The lowest BCUT2D eigenvalue weighted by atomic mass is 10.3. The molecule has 0 aromatic rings. The van der Waals surface area contributed by atoms with Gasteiger partial charge in [-0.25, -0.2) is 0 Å².